The first kappa shape index (κ1) is 21.2. The molecule has 0 aliphatic carbocycles. The third kappa shape index (κ3) is 4.35. The van der Waals surface area contributed by atoms with Crippen molar-refractivity contribution in [3.05, 3.63) is 82.4 Å². The molecule has 4 rings (SSSR count). The van der Waals surface area contributed by atoms with Crippen molar-refractivity contribution in [3.8, 4) is 5.69 Å². The molecule has 2 amide bonds. The average Bonchev–Trinajstić information content (AvgIpc) is 3.47. The molecule has 1 aliphatic heterocycles. The molecular weight excluding hydrogens is 412 g/mol. The van der Waals surface area contributed by atoms with Crippen LogP contribution in [-0.2, 0) is 11.3 Å². The van der Waals surface area contributed by atoms with Crippen LogP contribution in [0.2, 0.25) is 0 Å². The van der Waals surface area contributed by atoms with Gasteiger partial charge in [0.2, 0.25) is 5.91 Å². The van der Waals surface area contributed by atoms with Crippen LogP contribution in [0.1, 0.15) is 28.8 Å². The molecule has 32 heavy (non-hydrogen) atoms. The number of likely N-dealkylation sites (tertiary alicyclic amines) is 1. The number of nitrogens with zero attached hydrogens (tertiary/aromatic N) is 4. The van der Waals surface area contributed by atoms with Gasteiger partial charge in [0.25, 0.3) is 11.6 Å². The maximum Gasteiger partial charge on any atom is 0.294 e. The Morgan fingerprint density at radius 2 is 2.06 bits per heavy atom. The van der Waals surface area contributed by atoms with E-state index in [1.54, 1.807) is 18.3 Å². The summed E-state index contributed by atoms with van der Waals surface area (Å²) in [6.45, 7) is 1.21. The number of carbonyl (C=O) groups is 2. The molecule has 1 atom stereocenters. The topological polar surface area (TPSA) is 136 Å². The SMILES string of the molecule is NC(=O)C1CCCN1Cc1ccccc1NC(=O)c1ccc(-n2ccnc2)c([N+](=O)[O-])c1. The van der Waals surface area contributed by atoms with Gasteiger partial charge >= 0.3 is 0 Å². The lowest BCUT2D eigenvalue weighted by Crippen LogP contribution is -2.39. The second kappa shape index (κ2) is 8.98. The minimum atomic E-state index is -0.530. The average molecular weight is 434 g/mol. The number of nitrogens with one attached hydrogen (secondary N) is 1. The van der Waals surface area contributed by atoms with Gasteiger partial charge < -0.3 is 15.6 Å². The molecule has 0 bridgehead atoms. The number of imidazole rings is 1. The fraction of sp³-hybridized carbons (Fsp3) is 0.227. The highest BCUT2D eigenvalue weighted by Crippen LogP contribution is 2.27. The summed E-state index contributed by atoms with van der Waals surface area (Å²) in [6.07, 6.45) is 6.17. The maximum atomic E-state index is 12.9. The Morgan fingerprint density at radius 1 is 1.25 bits per heavy atom. The molecule has 0 spiro atoms. The smallest absolute Gasteiger partial charge is 0.294 e. The van der Waals surface area contributed by atoms with Crippen LogP contribution in [-0.4, -0.2) is 43.8 Å². The number of hydrogen-bond acceptors (Lipinski definition) is 6. The van der Waals surface area contributed by atoms with Gasteiger partial charge in [-0.15, -0.1) is 0 Å². The van der Waals surface area contributed by atoms with Gasteiger partial charge in [0.05, 0.1) is 17.3 Å². The summed E-state index contributed by atoms with van der Waals surface area (Å²) in [5.41, 5.74) is 7.19. The lowest BCUT2D eigenvalue weighted by molar-refractivity contribution is -0.384. The first-order chi connectivity index (χ1) is 15.4. The van der Waals surface area contributed by atoms with Crippen LogP contribution in [0.15, 0.2) is 61.2 Å². The second-order valence-corrected chi connectivity index (χ2v) is 7.57. The number of para-hydroxylation sites is 1. The Labute approximate surface area is 183 Å². The minimum absolute atomic E-state index is 0.159. The monoisotopic (exact) mass is 434 g/mol. The van der Waals surface area contributed by atoms with Gasteiger partial charge in [0.1, 0.15) is 5.69 Å². The fourth-order valence-electron chi connectivity index (χ4n) is 3.96. The molecule has 1 aromatic heterocycles. The predicted octanol–water partition coefficient (Wildman–Crippen LogP) is 2.48. The number of carbonyl (C=O) groups excluding carboxylic acids is 2. The highest BCUT2D eigenvalue weighted by atomic mass is 16.6. The zero-order valence-electron chi connectivity index (χ0n) is 17.2. The molecule has 1 fully saturated rings. The fourth-order valence-corrected chi connectivity index (χ4v) is 3.96. The molecule has 0 radical (unpaired) electrons. The second-order valence-electron chi connectivity index (χ2n) is 7.57. The molecule has 1 unspecified atom stereocenters. The first-order valence-corrected chi connectivity index (χ1v) is 10.1. The summed E-state index contributed by atoms with van der Waals surface area (Å²) in [6, 6.07) is 11.2. The first-order valence-electron chi connectivity index (χ1n) is 10.1. The molecule has 3 N–H and O–H groups in total. The Balaban J connectivity index is 1.57. The van der Waals surface area contributed by atoms with Crippen molar-refractivity contribution in [2.75, 3.05) is 11.9 Å². The molecular formula is C22H22N6O4. The number of benzene rings is 2. The van der Waals surface area contributed by atoms with Gasteiger partial charge in [-0.25, -0.2) is 4.98 Å². The zero-order chi connectivity index (χ0) is 22.7. The molecule has 0 saturated carbocycles. The van der Waals surface area contributed by atoms with Gasteiger partial charge in [-0.2, -0.15) is 0 Å². The zero-order valence-corrected chi connectivity index (χ0v) is 17.2. The van der Waals surface area contributed by atoms with E-state index in [1.165, 1.54) is 35.3 Å². The van der Waals surface area contributed by atoms with Crippen LogP contribution in [0, 0.1) is 10.1 Å². The Bertz CT molecular complexity index is 1160. The van der Waals surface area contributed by atoms with Crippen molar-refractivity contribution in [2.45, 2.75) is 25.4 Å². The van der Waals surface area contributed by atoms with E-state index in [-0.39, 0.29) is 23.2 Å². The molecule has 10 nitrogen and oxygen atoms in total. The van der Waals surface area contributed by atoms with E-state index in [1.807, 2.05) is 17.0 Å². The number of aromatic nitrogens is 2. The van der Waals surface area contributed by atoms with E-state index < -0.39 is 10.8 Å². The largest absolute Gasteiger partial charge is 0.368 e. The number of amides is 2. The normalized spacial score (nSPS) is 16.1. The van der Waals surface area contributed by atoms with Crippen molar-refractivity contribution >= 4 is 23.2 Å². The number of rotatable bonds is 7. The summed E-state index contributed by atoms with van der Waals surface area (Å²) in [4.78, 5) is 41.6. The van der Waals surface area contributed by atoms with E-state index in [0.29, 0.717) is 17.9 Å². The van der Waals surface area contributed by atoms with Gasteiger partial charge in [-0.05, 0) is 43.1 Å². The molecule has 1 aliphatic rings. The van der Waals surface area contributed by atoms with Crippen molar-refractivity contribution < 1.29 is 14.5 Å². The Hall–Kier alpha value is -4.05. The highest BCUT2D eigenvalue weighted by Gasteiger charge is 2.29. The third-order valence-electron chi connectivity index (χ3n) is 5.55. The van der Waals surface area contributed by atoms with Crippen molar-refractivity contribution in [3.63, 3.8) is 0 Å². The van der Waals surface area contributed by atoms with Crippen LogP contribution in [0.25, 0.3) is 5.69 Å². The van der Waals surface area contributed by atoms with E-state index in [4.69, 9.17) is 5.73 Å². The van der Waals surface area contributed by atoms with E-state index in [0.717, 1.165) is 24.9 Å². The molecule has 1 saturated heterocycles. The van der Waals surface area contributed by atoms with Crippen LogP contribution >= 0.6 is 0 Å². The quantitative estimate of drug-likeness (QED) is 0.433. The van der Waals surface area contributed by atoms with Crippen LogP contribution in [0.4, 0.5) is 11.4 Å². The predicted molar refractivity (Wildman–Crippen MR) is 117 cm³/mol. The molecule has 10 heteroatoms. The standard InChI is InChI=1S/C22H22N6O4/c23-21(29)19-6-3-10-26(19)13-16-4-1-2-5-17(16)25-22(30)15-7-8-18(20(12-15)28(31)32)27-11-9-24-14-27/h1-2,4-5,7-9,11-12,14,19H,3,6,10,13H2,(H2,23,29)(H,25,30). The van der Waals surface area contributed by atoms with Crippen LogP contribution < -0.4 is 11.1 Å². The number of nitro benzene ring substituents is 1. The van der Waals surface area contributed by atoms with Gasteiger partial charge in [0.15, 0.2) is 0 Å². The van der Waals surface area contributed by atoms with E-state index >= 15 is 0 Å². The van der Waals surface area contributed by atoms with Crippen molar-refractivity contribution in [1.29, 1.82) is 0 Å². The van der Waals surface area contributed by atoms with Crippen LogP contribution in [0.3, 0.4) is 0 Å². The summed E-state index contributed by atoms with van der Waals surface area (Å²) >= 11 is 0. The third-order valence-corrected chi connectivity index (χ3v) is 5.55. The van der Waals surface area contributed by atoms with E-state index in [2.05, 4.69) is 10.3 Å². The molecule has 3 aromatic rings. The number of primary amides is 1. The van der Waals surface area contributed by atoms with Gasteiger partial charge in [-0.3, -0.25) is 24.6 Å². The minimum Gasteiger partial charge on any atom is -0.368 e. The van der Waals surface area contributed by atoms with E-state index in [9.17, 15) is 19.7 Å². The maximum absolute atomic E-state index is 12.9. The summed E-state index contributed by atoms with van der Waals surface area (Å²) in [7, 11) is 0. The summed E-state index contributed by atoms with van der Waals surface area (Å²) < 4.78 is 1.51. The summed E-state index contributed by atoms with van der Waals surface area (Å²) in [5, 5.41) is 14.4. The molecule has 164 valence electrons. The highest BCUT2D eigenvalue weighted by molar-refractivity contribution is 6.05. The van der Waals surface area contributed by atoms with Gasteiger partial charge in [-0.1, -0.05) is 18.2 Å². The number of hydrogen-bond donors (Lipinski definition) is 2. The van der Waals surface area contributed by atoms with Crippen molar-refractivity contribution in [2.24, 2.45) is 5.73 Å². The molecule has 2 heterocycles. The van der Waals surface area contributed by atoms with Crippen LogP contribution in [0.5, 0.6) is 0 Å². The Kier molecular flexibility index (Phi) is 5.95. The van der Waals surface area contributed by atoms with Gasteiger partial charge in [0, 0.05) is 36.3 Å². The number of nitrogens with two attached hydrogens (primary N) is 1. The summed E-state index contributed by atoms with van der Waals surface area (Å²) in [5.74, 6) is -0.820. The molecule has 2 aromatic carbocycles. The van der Waals surface area contributed by atoms with Crippen molar-refractivity contribution in [1.82, 2.24) is 14.5 Å². The lowest BCUT2D eigenvalue weighted by Gasteiger charge is -2.23. The lowest BCUT2D eigenvalue weighted by atomic mass is 10.1. The number of anilines is 1. The Morgan fingerprint density at radius 3 is 2.78 bits per heavy atom. The number of nitro groups is 1.